The quantitative estimate of drug-likeness (QED) is 0.836. The summed E-state index contributed by atoms with van der Waals surface area (Å²) in [5.74, 6) is 0. The first-order valence-electron chi connectivity index (χ1n) is 4.92. The van der Waals surface area contributed by atoms with Crippen molar-refractivity contribution in [1.29, 1.82) is 0 Å². The van der Waals surface area contributed by atoms with Gasteiger partial charge in [-0.1, -0.05) is 30.3 Å². The molecule has 0 aliphatic rings. The molecule has 0 aromatic heterocycles. The molecule has 90 valence electrons. The lowest BCUT2D eigenvalue weighted by Crippen LogP contribution is -2.41. The first kappa shape index (κ1) is 13.0. The second-order valence-corrected chi connectivity index (χ2v) is 3.55. The third-order valence-corrected chi connectivity index (χ3v) is 2.39. The topological polar surface area (TPSA) is 32.3 Å². The van der Waals surface area contributed by atoms with E-state index < -0.39 is 18.3 Å². The zero-order valence-corrected chi connectivity index (χ0v) is 8.83. The molecule has 16 heavy (non-hydrogen) atoms. The van der Waals surface area contributed by atoms with Crippen LogP contribution in [0.5, 0.6) is 0 Å². The van der Waals surface area contributed by atoms with Gasteiger partial charge in [0.15, 0.2) is 0 Å². The van der Waals surface area contributed by atoms with Crippen LogP contribution in [0.25, 0.3) is 0 Å². The van der Waals surface area contributed by atoms with E-state index in [4.69, 9.17) is 0 Å². The van der Waals surface area contributed by atoms with Gasteiger partial charge in [-0.3, -0.25) is 0 Å². The van der Waals surface area contributed by atoms with E-state index in [1.807, 2.05) is 0 Å². The molecule has 2 nitrogen and oxygen atoms in total. The zero-order chi connectivity index (χ0) is 12.2. The van der Waals surface area contributed by atoms with E-state index >= 15 is 0 Å². The van der Waals surface area contributed by atoms with E-state index in [2.05, 4.69) is 5.32 Å². The van der Waals surface area contributed by atoms with Crippen molar-refractivity contribution in [3.8, 4) is 0 Å². The molecule has 0 radical (unpaired) electrons. The van der Waals surface area contributed by atoms with Gasteiger partial charge in [0.05, 0.1) is 6.10 Å². The highest BCUT2D eigenvalue weighted by molar-refractivity contribution is 5.17. The molecule has 2 N–H and O–H groups in total. The number of aliphatic hydroxyl groups is 1. The van der Waals surface area contributed by atoms with Crippen molar-refractivity contribution >= 4 is 0 Å². The summed E-state index contributed by atoms with van der Waals surface area (Å²) in [6.45, 7) is 0. The van der Waals surface area contributed by atoms with E-state index in [0.29, 0.717) is 5.56 Å². The first-order valence-corrected chi connectivity index (χ1v) is 4.92. The van der Waals surface area contributed by atoms with Crippen LogP contribution < -0.4 is 5.32 Å². The van der Waals surface area contributed by atoms with Crippen LogP contribution in [0.3, 0.4) is 0 Å². The molecule has 1 aromatic carbocycles. The molecule has 5 heteroatoms. The lowest BCUT2D eigenvalue weighted by Gasteiger charge is -2.22. The third-order valence-electron chi connectivity index (χ3n) is 2.39. The summed E-state index contributed by atoms with van der Waals surface area (Å²) in [5, 5.41) is 11.8. The highest BCUT2D eigenvalue weighted by Crippen LogP contribution is 2.27. The number of rotatable bonds is 4. The van der Waals surface area contributed by atoms with Crippen molar-refractivity contribution in [2.24, 2.45) is 0 Å². The summed E-state index contributed by atoms with van der Waals surface area (Å²) >= 11 is 0. The molecular weight excluding hydrogens is 219 g/mol. The number of hydrogen-bond donors (Lipinski definition) is 2. The van der Waals surface area contributed by atoms with Gasteiger partial charge in [-0.2, -0.15) is 13.2 Å². The standard InChI is InChI=1S/C11H14F3NO/c1-15-10(11(12,13)14)7-9(16)8-5-3-2-4-6-8/h2-6,9-10,15-16H,7H2,1H3/t9-,10-/m0/s1. The minimum Gasteiger partial charge on any atom is -0.388 e. The molecule has 0 saturated heterocycles. The zero-order valence-electron chi connectivity index (χ0n) is 8.83. The molecule has 2 atom stereocenters. The molecule has 1 aromatic rings. The van der Waals surface area contributed by atoms with Gasteiger partial charge in [0.25, 0.3) is 0 Å². The van der Waals surface area contributed by atoms with Crippen molar-refractivity contribution in [3.05, 3.63) is 35.9 Å². The number of aliphatic hydroxyl groups excluding tert-OH is 1. The fourth-order valence-electron chi connectivity index (χ4n) is 1.45. The Kier molecular flexibility index (Phi) is 4.32. The second kappa shape index (κ2) is 5.32. The van der Waals surface area contributed by atoms with Gasteiger partial charge >= 0.3 is 6.18 Å². The van der Waals surface area contributed by atoms with Gasteiger partial charge in [0.2, 0.25) is 0 Å². The molecular formula is C11H14F3NO. The molecule has 0 unspecified atom stereocenters. The lowest BCUT2D eigenvalue weighted by molar-refractivity contribution is -0.161. The van der Waals surface area contributed by atoms with E-state index in [0.717, 1.165) is 0 Å². The number of halogens is 3. The van der Waals surface area contributed by atoms with Gasteiger partial charge in [0, 0.05) is 6.42 Å². The molecule has 0 aliphatic carbocycles. The number of hydrogen-bond acceptors (Lipinski definition) is 2. The Hall–Kier alpha value is -1.07. The maximum absolute atomic E-state index is 12.4. The molecule has 0 heterocycles. The molecule has 0 amide bonds. The maximum Gasteiger partial charge on any atom is 0.403 e. The van der Waals surface area contributed by atoms with Gasteiger partial charge < -0.3 is 10.4 Å². The van der Waals surface area contributed by atoms with E-state index in [1.54, 1.807) is 30.3 Å². The van der Waals surface area contributed by atoms with Crippen LogP contribution >= 0.6 is 0 Å². The summed E-state index contributed by atoms with van der Waals surface area (Å²) in [6, 6.07) is 6.63. The summed E-state index contributed by atoms with van der Waals surface area (Å²) < 4.78 is 37.3. The van der Waals surface area contributed by atoms with E-state index in [1.165, 1.54) is 7.05 Å². The number of alkyl halides is 3. The summed E-state index contributed by atoms with van der Waals surface area (Å²) in [5.41, 5.74) is 0.493. The maximum atomic E-state index is 12.4. The Morgan fingerprint density at radius 3 is 2.25 bits per heavy atom. The van der Waals surface area contributed by atoms with Gasteiger partial charge in [0.1, 0.15) is 6.04 Å². The molecule has 1 rings (SSSR count). The molecule has 0 bridgehead atoms. The van der Waals surface area contributed by atoms with Gasteiger partial charge in [-0.25, -0.2) is 0 Å². The first-order chi connectivity index (χ1) is 7.45. The predicted octanol–water partition coefficient (Wildman–Crippen LogP) is 2.26. The fourth-order valence-corrected chi connectivity index (χ4v) is 1.45. The normalized spacial score (nSPS) is 15.8. The van der Waals surface area contributed by atoms with Crippen molar-refractivity contribution in [2.45, 2.75) is 24.7 Å². The van der Waals surface area contributed by atoms with E-state index in [9.17, 15) is 18.3 Å². The molecule has 0 aliphatic heterocycles. The average molecular weight is 233 g/mol. The minimum atomic E-state index is -4.34. The Bertz CT molecular complexity index is 313. The highest BCUT2D eigenvalue weighted by atomic mass is 19.4. The van der Waals surface area contributed by atoms with Crippen LogP contribution in [-0.4, -0.2) is 24.4 Å². The van der Waals surface area contributed by atoms with Crippen molar-refractivity contribution < 1.29 is 18.3 Å². The van der Waals surface area contributed by atoms with E-state index in [-0.39, 0.29) is 6.42 Å². The number of nitrogens with one attached hydrogen (secondary N) is 1. The molecule has 0 spiro atoms. The van der Waals surface area contributed by atoms with Crippen molar-refractivity contribution in [2.75, 3.05) is 7.05 Å². The minimum absolute atomic E-state index is 0.385. The van der Waals surface area contributed by atoms with Crippen molar-refractivity contribution in [1.82, 2.24) is 5.32 Å². The SMILES string of the molecule is CN[C@@H](C[C@H](O)c1ccccc1)C(F)(F)F. The van der Waals surface area contributed by atoms with Gasteiger partial charge in [-0.15, -0.1) is 0 Å². The fraction of sp³-hybridized carbons (Fsp3) is 0.455. The average Bonchev–Trinajstić information content (AvgIpc) is 2.25. The summed E-state index contributed by atoms with van der Waals surface area (Å²) in [7, 11) is 1.23. The Balaban J connectivity index is 2.67. The second-order valence-electron chi connectivity index (χ2n) is 3.55. The monoisotopic (exact) mass is 233 g/mol. The number of benzene rings is 1. The Morgan fingerprint density at radius 2 is 1.81 bits per heavy atom. The van der Waals surface area contributed by atoms with Crippen LogP contribution in [0.4, 0.5) is 13.2 Å². The van der Waals surface area contributed by atoms with Crippen molar-refractivity contribution in [3.63, 3.8) is 0 Å². The smallest absolute Gasteiger partial charge is 0.388 e. The lowest BCUT2D eigenvalue weighted by atomic mass is 10.0. The summed E-state index contributed by atoms with van der Waals surface area (Å²) in [4.78, 5) is 0. The predicted molar refractivity (Wildman–Crippen MR) is 54.9 cm³/mol. The van der Waals surface area contributed by atoms with Crippen LogP contribution in [-0.2, 0) is 0 Å². The summed E-state index contributed by atoms with van der Waals surface area (Å²) in [6.07, 6.45) is -5.84. The van der Waals surface area contributed by atoms with Crippen LogP contribution in [0.1, 0.15) is 18.1 Å². The van der Waals surface area contributed by atoms with Gasteiger partial charge in [-0.05, 0) is 12.6 Å². The highest BCUT2D eigenvalue weighted by Gasteiger charge is 2.39. The van der Waals surface area contributed by atoms with Crippen LogP contribution in [0.15, 0.2) is 30.3 Å². The third kappa shape index (κ3) is 3.50. The molecule has 0 fully saturated rings. The van der Waals surface area contributed by atoms with Crippen LogP contribution in [0.2, 0.25) is 0 Å². The molecule has 0 saturated carbocycles. The Morgan fingerprint density at radius 1 is 1.25 bits per heavy atom. The van der Waals surface area contributed by atoms with Crippen LogP contribution in [0, 0.1) is 0 Å². The largest absolute Gasteiger partial charge is 0.403 e. The Labute approximate surface area is 92.1 Å².